The van der Waals surface area contributed by atoms with Crippen molar-refractivity contribution in [1.82, 2.24) is 15.5 Å². The lowest BCUT2D eigenvalue weighted by Crippen LogP contribution is -2.25. The Morgan fingerprint density at radius 1 is 1.47 bits per heavy atom. The zero-order chi connectivity index (χ0) is 10.3. The normalized spacial score (nSPS) is 23.0. The highest BCUT2D eigenvalue weighted by Crippen LogP contribution is 2.60. The smallest absolute Gasteiger partial charge is 0.223 e. The van der Waals surface area contributed by atoms with Crippen LogP contribution in [-0.4, -0.2) is 16.7 Å². The molecule has 1 aromatic heterocycles. The third kappa shape index (κ3) is 1.91. The lowest BCUT2D eigenvalue weighted by molar-refractivity contribution is 0.376. The third-order valence-electron chi connectivity index (χ3n) is 3.67. The number of nitrogens with zero attached hydrogens (tertiary/aromatic N) is 2. The van der Waals surface area contributed by atoms with Crippen molar-refractivity contribution in [3.63, 3.8) is 0 Å². The van der Waals surface area contributed by atoms with Gasteiger partial charge in [-0.25, -0.2) is 0 Å². The fourth-order valence-corrected chi connectivity index (χ4v) is 2.42. The molecule has 0 bridgehead atoms. The maximum Gasteiger partial charge on any atom is 0.223 e. The molecular weight excluding hydrogens is 190 g/mol. The van der Waals surface area contributed by atoms with Gasteiger partial charge < -0.3 is 9.84 Å². The molecule has 0 radical (unpaired) electrons. The van der Waals surface area contributed by atoms with Crippen LogP contribution in [0.25, 0.3) is 0 Å². The van der Waals surface area contributed by atoms with Gasteiger partial charge in [-0.05, 0) is 37.0 Å². The summed E-state index contributed by atoms with van der Waals surface area (Å²) in [7, 11) is 0. The van der Waals surface area contributed by atoms with Gasteiger partial charge in [0.2, 0.25) is 5.89 Å². The summed E-state index contributed by atoms with van der Waals surface area (Å²) in [5.74, 6) is 2.44. The van der Waals surface area contributed by atoms with E-state index in [4.69, 9.17) is 4.52 Å². The molecule has 82 valence electrons. The van der Waals surface area contributed by atoms with E-state index < -0.39 is 0 Å². The molecule has 4 heteroatoms. The number of aryl methyl sites for hydroxylation is 1. The van der Waals surface area contributed by atoms with Crippen molar-refractivity contribution in [2.45, 2.75) is 39.2 Å². The van der Waals surface area contributed by atoms with Crippen LogP contribution in [0.5, 0.6) is 0 Å². The molecule has 2 aliphatic rings. The Kier molecular flexibility index (Phi) is 2.06. The second-order valence-electron chi connectivity index (χ2n) is 4.97. The molecule has 0 amide bonds. The first-order valence-electron chi connectivity index (χ1n) is 5.78. The van der Waals surface area contributed by atoms with Crippen LogP contribution in [0.15, 0.2) is 4.52 Å². The van der Waals surface area contributed by atoms with E-state index in [2.05, 4.69) is 15.5 Å². The minimum absolute atomic E-state index is 0.648. The fourth-order valence-electron chi connectivity index (χ4n) is 2.42. The molecule has 0 saturated heterocycles. The Balaban J connectivity index is 1.47. The number of aromatic nitrogens is 2. The molecule has 2 saturated carbocycles. The van der Waals surface area contributed by atoms with Crippen LogP contribution < -0.4 is 5.32 Å². The van der Waals surface area contributed by atoms with Gasteiger partial charge in [-0.3, -0.25) is 0 Å². The summed E-state index contributed by atoms with van der Waals surface area (Å²) in [5, 5.41) is 7.32. The molecule has 1 heterocycles. The number of nitrogens with one attached hydrogen (secondary N) is 1. The van der Waals surface area contributed by atoms with E-state index in [0.717, 1.165) is 24.8 Å². The van der Waals surface area contributed by atoms with Gasteiger partial charge in [0.15, 0.2) is 5.82 Å². The summed E-state index contributed by atoms with van der Waals surface area (Å²) in [6, 6.07) is 0. The van der Waals surface area contributed by atoms with Gasteiger partial charge in [0.05, 0.1) is 6.54 Å². The molecule has 15 heavy (non-hydrogen) atoms. The quantitative estimate of drug-likeness (QED) is 0.797. The molecule has 0 aliphatic heterocycles. The van der Waals surface area contributed by atoms with E-state index in [9.17, 15) is 0 Å². The molecule has 2 aliphatic carbocycles. The van der Waals surface area contributed by atoms with Gasteiger partial charge in [-0.1, -0.05) is 5.16 Å². The second kappa shape index (κ2) is 3.30. The Morgan fingerprint density at radius 2 is 2.27 bits per heavy atom. The first kappa shape index (κ1) is 9.33. The largest absolute Gasteiger partial charge is 0.340 e. The minimum atomic E-state index is 0.648. The van der Waals surface area contributed by atoms with Crippen LogP contribution in [0.1, 0.15) is 37.4 Å². The number of rotatable bonds is 5. The van der Waals surface area contributed by atoms with Crippen molar-refractivity contribution in [3.8, 4) is 0 Å². The second-order valence-corrected chi connectivity index (χ2v) is 4.97. The standard InChI is InChI=1S/C11H17N3O/c1-8-13-10(14-15-8)6-12-7-11(4-5-11)9-2-3-9/h9,12H,2-7H2,1H3. The molecular formula is C11H17N3O. The predicted octanol–water partition coefficient (Wildman–Crippen LogP) is 1.66. The van der Waals surface area contributed by atoms with Crippen molar-refractivity contribution >= 4 is 0 Å². The third-order valence-corrected chi connectivity index (χ3v) is 3.67. The maximum absolute atomic E-state index is 4.92. The summed E-state index contributed by atoms with van der Waals surface area (Å²) in [4.78, 5) is 4.17. The van der Waals surface area contributed by atoms with Crippen LogP contribution >= 0.6 is 0 Å². The van der Waals surface area contributed by atoms with Crippen molar-refractivity contribution in [2.75, 3.05) is 6.54 Å². The molecule has 2 fully saturated rings. The van der Waals surface area contributed by atoms with Gasteiger partial charge in [-0.15, -0.1) is 0 Å². The lowest BCUT2D eigenvalue weighted by Gasteiger charge is -2.13. The highest BCUT2D eigenvalue weighted by atomic mass is 16.5. The molecule has 0 atom stereocenters. The average Bonchev–Trinajstić information content (AvgIpc) is 3.08. The number of hydrogen-bond donors (Lipinski definition) is 1. The molecule has 0 spiro atoms. The van der Waals surface area contributed by atoms with Crippen LogP contribution in [0, 0.1) is 18.3 Å². The molecule has 0 aromatic carbocycles. The van der Waals surface area contributed by atoms with Crippen LogP contribution in [0.4, 0.5) is 0 Å². The highest BCUT2D eigenvalue weighted by molar-refractivity contribution is 5.05. The summed E-state index contributed by atoms with van der Waals surface area (Å²) in [6.07, 6.45) is 5.72. The average molecular weight is 207 g/mol. The van der Waals surface area contributed by atoms with E-state index in [1.165, 1.54) is 25.7 Å². The lowest BCUT2D eigenvalue weighted by atomic mass is 10.0. The predicted molar refractivity (Wildman–Crippen MR) is 55.1 cm³/mol. The summed E-state index contributed by atoms with van der Waals surface area (Å²) in [5.41, 5.74) is 0.652. The number of hydrogen-bond acceptors (Lipinski definition) is 4. The van der Waals surface area contributed by atoms with Gasteiger partial charge in [0, 0.05) is 13.5 Å². The van der Waals surface area contributed by atoms with E-state index in [1.807, 2.05) is 6.92 Å². The van der Waals surface area contributed by atoms with Gasteiger partial charge in [0.1, 0.15) is 0 Å². The van der Waals surface area contributed by atoms with Gasteiger partial charge >= 0.3 is 0 Å². The van der Waals surface area contributed by atoms with E-state index in [-0.39, 0.29) is 0 Å². The van der Waals surface area contributed by atoms with Crippen LogP contribution in [0.2, 0.25) is 0 Å². The molecule has 1 N–H and O–H groups in total. The van der Waals surface area contributed by atoms with E-state index in [0.29, 0.717) is 11.3 Å². The molecule has 3 rings (SSSR count). The summed E-state index contributed by atoms with van der Waals surface area (Å²) in [6.45, 7) is 3.69. The van der Waals surface area contributed by atoms with Crippen molar-refractivity contribution in [3.05, 3.63) is 11.7 Å². The van der Waals surface area contributed by atoms with Crippen molar-refractivity contribution < 1.29 is 4.52 Å². The Bertz CT molecular complexity index is 352. The zero-order valence-electron chi connectivity index (χ0n) is 9.12. The Hall–Kier alpha value is -0.900. The maximum atomic E-state index is 4.92. The molecule has 1 aromatic rings. The Morgan fingerprint density at radius 3 is 2.80 bits per heavy atom. The monoisotopic (exact) mass is 207 g/mol. The Labute approximate surface area is 89.4 Å². The SMILES string of the molecule is Cc1nc(CNCC2(C3CC3)CC2)no1. The highest BCUT2D eigenvalue weighted by Gasteiger charge is 2.53. The minimum Gasteiger partial charge on any atom is -0.340 e. The first-order chi connectivity index (χ1) is 7.28. The van der Waals surface area contributed by atoms with E-state index in [1.54, 1.807) is 0 Å². The topological polar surface area (TPSA) is 51.0 Å². The van der Waals surface area contributed by atoms with Crippen molar-refractivity contribution in [2.24, 2.45) is 11.3 Å². The van der Waals surface area contributed by atoms with Gasteiger partial charge in [-0.2, -0.15) is 4.98 Å². The first-order valence-corrected chi connectivity index (χ1v) is 5.78. The van der Waals surface area contributed by atoms with Crippen molar-refractivity contribution in [1.29, 1.82) is 0 Å². The summed E-state index contributed by atoms with van der Waals surface area (Å²) >= 11 is 0. The molecule has 4 nitrogen and oxygen atoms in total. The summed E-state index contributed by atoms with van der Waals surface area (Å²) < 4.78 is 4.92. The van der Waals surface area contributed by atoms with E-state index >= 15 is 0 Å². The zero-order valence-corrected chi connectivity index (χ0v) is 9.12. The fraction of sp³-hybridized carbons (Fsp3) is 0.818. The van der Waals surface area contributed by atoms with Crippen LogP contribution in [-0.2, 0) is 6.54 Å². The van der Waals surface area contributed by atoms with Gasteiger partial charge in [0.25, 0.3) is 0 Å². The molecule has 0 unspecified atom stereocenters. The van der Waals surface area contributed by atoms with Crippen LogP contribution in [0.3, 0.4) is 0 Å².